The molecule has 0 aliphatic carbocycles. The highest BCUT2D eigenvalue weighted by atomic mass is 16.2. The first-order valence-electron chi connectivity index (χ1n) is 10.2. The van der Waals surface area contributed by atoms with Crippen LogP contribution in [0.1, 0.15) is 38.7 Å². The van der Waals surface area contributed by atoms with E-state index in [-0.39, 0.29) is 5.91 Å². The van der Waals surface area contributed by atoms with Gasteiger partial charge in [0.2, 0.25) is 0 Å². The van der Waals surface area contributed by atoms with Crippen LogP contribution in [0.4, 0.5) is 0 Å². The molecule has 2 aromatic carbocycles. The predicted octanol–water partition coefficient (Wildman–Crippen LogP) is 4.66. The second-order valence-electron chi connectivity index (χ2n) is 7.53. The zero-order valence-electron chi connectivity index (χ0n) is 18.1. The highest BCUT2D eigenvalue weighted by molar-refractivity contribution is 5.95. The monoisotopic (exact) mass is 411 g/mol. The average molecular weight is 412 g/mol. The van der Waals surface area contributed by atoms with Crippen LogP contribution in [-0.2, 0) is 0 Å². The van der Waals surface area contributed by atoms with E-state index in [9.17, 15) is 4.79 Å². The number of carbonyl (C=O) groups is 1. The number of hydrogen-bond donors (Lipinski definition) is 1. The Morgan fingerprint density at radius 1 is 0.871 bits per heavy atom. The smallest absolute Gasteiger partial charge is 0.271 e. The maximum atomic E-state index is 12.5. The Bertz CT molecular complexity index is 1230. The fourth-order valence-corrected chi connectivity index (χ4v) is 3.72. The molecule has 0 saturated heterocycles. The number of rotatable bonds is 5. The van der Waals surface area contributed by atoms with E-state index in [0.717, 1.165) is 39.7 Å². The van der Waals surface area contributed by atoms with Crippen LogP contribution in [0.2, 0.25) is 0 Å². The van der Waals surface area contributed by atoms with Gasteiger partial charge in [0.25, 0.3) is 5.91 Å². The van der Waals surface area contributed by atoms with E-state index >= 15 is 0 Å². The molecule has 0 fully saturated rings. The second-order valence-corrected chi connectivity index (χ2v) is 7.53. The Labute approximate surface area is 181 Å². The summed E-state index contributed by atoms with van der Waals surface area (Å²) < 4.78 is 4.03. The molecule has 6 nitrogen and oxygen atoms in total. The van der Waals surface area contributed by atoms with Gasteiger partial charge >= 0.3 is 0 Å². The summed E-state index contributed by atoms with van der Waals surface area (Å²) in [6, 6.07) is 21.6. The highest BCUT2D eigenvalue weighted by Crippen LogP contribution is 2.18. The van der Waals surface area contributed by atoms with Crippen LogP contribution in [-0.4, -0.2) is 26.5 Å². The minimum absolute atomic E-state index is 0.255. The number of carbonyl (C=O) groups excluding carboxylic acids is 1. The third-order valence-corrected chi connectivity index (χ3v) is 5.37. The number of nitrogens with zero attached hydrogens (tertiary/aromatic N) is 4. The van der Waals surface area contributed by atoms with Gasteiger partial charge in [-0.2, -0.15) is 10.2 Å². The zero-order valence-corrected chi connectivity index (χ0v) is 18.1. The van der Waals surface area contributed by atoms with Crippen molar-refractivity contribution in [1.82, 2.24) is 19.8 Å². The summed E-state index contributed by atoms with van der Waals surface area (Å²) in [5, 5.41) is 8.76. The van der Waals surface area contributed by atoms with Crippen molar-refractivity contribution in [3.63, 3.8) is 0 Å². The van der Waals surface area contributed by atoms with Crippen molar-refractivity contribution < 1.29 is 4.79 Å². The Morgan fingerprint density at radius 2 is 1.52 bits per heavy atom. The van der Waals surface area contributed by atoms with Crippen LogP contribution < -0.4 is 5.43 Å². The largest absolute Gasteiger partial charge is 0.319 e. The standard InChI is InChI=1S/C25H25N5O/c1-17-10-11-18(2)29(17)22-14-12-21(13-15-22)25(31)27-26-16-24-19(3)28-30(20(24)4)23-8-6-5-7-9-23/h5-16H,1-4H3,(H,27,31)/b26-16+. The molecule has 0 radical (unpaired) electrons. The van der Waals surface area contributed by atoms with Crippen LogP contribution in [0, 0.1) is 27.7 Å². The lowest BCUT2D eigenvalue weighted by molar-refractivity contribution is 0.0955. The summed E-state index contributed by atoms with van der Waals surface area (Å²) >= 11 is 0. The minimum atomic E-state index is -0.255. The molecule has 0 aliphatic rings. The predicted molar refractivity (Wildman–Crippen MR) is 123 cm³/mol. The van der Waals surface area contributed by atoms with E-state index in [2.05, 4.69) is 46.2 Å². The van der Waals surface area contributed by atoms with Crippen LogP contribution >= 0.6 is 0 Å². The molecule has 2 aromatic heterocycles. The SMILES string of the molecule is Cc1nn(-c2ccccc2)c(C)c1/C=N/NC(=O)c1ccc(-n2c(C)ccc2C)cc1. The average Bonchev–Trinajstić information content (AvgIpc) is 3.27. The molecule has 156 valence electrons. The van der Waals surface area contributed by atoms with Crippen molar-refractivity contribution in [1.29, 1.82) is 0 Å². The van der Waals surface area contributed by atoms with E-state index in [4.69, 9.17) is 0 Å². The maximum absolute atomic E-state index is 12.5. The number of nitrogens with one attached hydrogen (secondary N) is 1. The van der Waals surface area contributed by atoms with E-state index in [1.54, 1.807) is 6.21 Å². The molecule has 2 heterocycles. The number of para-hydroxylation sites is 1. The summed E-state index contributed by atoms with van der Waals surface area (Å²) in [7, 11) is 0. The Morgan fingerprint density at radius 3 is 2.16 bits per heavy atom. The minimum Gasteiger partial charge on any atom is -0.319 e. The summed E-state index contributed by atoms with van der Waals surface area (Å²) in [5.74, 6) is -0.255. The van der Waals surface area contributed by atoms with Crippen molar-refractivity contribution in [3.05, 3.63) is 101 Å². The van der Waals surface area contributed by atoms with Crippen molar-refractivity contribution in [3.8, 4) is 11.4 Å². The molecule has 1 amide bonds. The van der Waals surface area contributed by atoms with Gasteiger partial charge in [-0.05, 0) is 76.2 Å². The topological polar surface area (TPSA) is 64.2 Å². The lowest BCUT2D eigenvalue weighted by atomic mass is 10.2. The van der Waals surface area contributed by atoms with E-state index in [1.165, 1.54) is 0 Å². The highest BCUT2D eigenvalue weighted by Gasteiger charge is 2.12. The first-order chi connectivity index (χ1) is 15.0. The van der Waals surface area contributed by atoms with E-state index in [1.807, 2.05) is 73.1 Å². The second kappa shape index (κ2) is 8.44. The molecule has 0 unspecified atom stereocenters. The maximum Gasteiger partial charge on any atom is 0.271 e. The number of hydrazone groups is 1. The normalized spacial score (nSPS) is 11.2. The molecule has 4 aromatic rings. The van der Waals surface area contributed by atoms with Crippen LogP contribution in [0.15, 0.2) is 71.8 Å². The molecule has 1 N–H and O–H groups in total. The lowest BCUT2D eigenvalue weighted by Gasteiger charge is -2.10. The third-order valence-electron chi connectivity index (χ3n) is 5.37. The zero-order chi connectivity index (χ0) is 22.0. The molecule has 0 spiro atoms. The number of benzene rings is 2. The van der Waals surface area contributed by atoms with Gasteiger partial charge in [-0.1, -0.05) is 18.2 Å². The van der Waals surface area contributed by atoms with Gasteiger partial charge < -0.3 is 4.57 Å². The molecular formula is C25H25N5O. The van der Waals surface area contributed by atoms with Gasteiger partial charge in [0.15, 0.2) is 0 Å². The van der Waals surface area contributed by atoms with Crippen molar-refractivity contribution in [2.75, 3.05) is 0 Å². The van der Waals surface area contributed by atoms with Crippen LogP contribution in [0.3, 0.4) is 0 Å². The summed E-state index contributed by atoms with van der Waals surface area (Å²) in [5.41, 5.74) is 10.2. The molecule has 31 heavy (non-hydrogen) atoms. The number of amides is 1. The molecule has 6 heteroatoms. The summed E-state index contributed by atoms with van der Waals surface area (Å²) in [6.07, 6.45) is 1.65. The van der Waals surface area contributed by atoms with Crippen molar-refractivity contribution in [2.24, 2.45) is 5.10 Å². The van der Waals surface area contributed by atoms with E-state index < -0.39 is 0 Å². The van der Waals surface area contributed by atoms with Crippen LogP contribution in [0.5, 0.6) is 0 Å². The van der Waals surface area contributed by atoms with Crippen LogP contribution in [0.25, 0.3) is 11.4 Å². The van der Waals surface area contributed by atoms with Gasteiger partial charge in [-0.25, -0.2) is 10.1 Å². The number of aryl methyl sites for hydroxylation is 3. The molecule has 0 saturated carbocycles. The fourth-order valence-electron chi connectivity index (χ4n) is 3.72. The number of hydrogen-bond acceptors (Lipinski definition) is 3. The number of aromatic nitrogens is 3. The van der Waals surface area contributed by atoms with Gasteiger partial charge in [-0.15, -0.1) is 0 Å². The first-order valence-corrected chi connectivity index (χ1v) is 10.2. The fraction of sp³-hybridized carbons (Fsp3) is 0.160. The molecular weight excluding hydrogens is 386 g/mol. The Kier molecular flexibility index (Phi) is 5.54. The quantitative estimate of drug-likeness (QED) is 0.383. The third kappa shape index (κ3) is 4.05. The molecule has 4 rings (SSSR count). The Balaban J connectivity index is 1.47. The van der Waals surface area contributed by atoms with Crippen molar-refractivity contribution in [2.45, 2.75) is 27.7 Å². The lowest BCUT2D eigenvalue weighted by Crippen LogP contribution is -2.17. The first kappa shape index (κ1) is 20.3. The van der Waals surface area contributed by atoms with Gasteiger partial charge in [0.1, 0.15) is 0 Å². The summed E-state index contributed by atoms with van der Waals surface area (Å²) in [6.45, 7) is 8.04. The van der Waals surface area contributed by atoms with E-state index in [0.29, 0.717) is 5.56 Å². The van der Waals surface area contributed by atoms with Gasteiger partial charge in [-0.3, -0.25) is 4.79 Å². The van der Waals surface area contributed by atoms with Gasteiger partial charge in [0.05, 0.1) is 23.3 Å². The Hall–Kier alpha value is -3.93. The van der Waals surface area contributed by atoms with Crippen molar-refractivity contribution >= 4 is 12.1 Å². The molecule has 0 atom stereocenters. The summed E-state index contributed by atoms with van der Waals surface area (Å²) in [4.78, 5) is 12.5. The molecule has 0 bridgehead atoms. The van der Waals surface area contributed by atoms with Gasteiger partial charge in [0, 0.05) is 28.2 Å². The molecule has 0 aliphatic heterocycles.